The molecule has 1 aliphatic heterocycles. The Morgan fingerprint density at radius 1 is 1.00 bits per heavy atom. The molecular formula is C21H21N3O3. The van der Waals surface area contributed by atoms with Crippen LogP contribution >= 0.6 is 0 Å². The van der Waals surface area contributed by atoms with E-state index in [0.717, 1.165) is 42.9 Å². The van der Waals surface area contributed by atoms with Gasteiger partial charge in [-0.1, -0.05) is 18.2 Å². The number of amides is 1. The van der Waals surface area contributed by atoms with Gasteiger partial charge in [-0.3, -0.25) is 9.59 Å². The smallest absolute Gasteiger partial charge is 0.296 e. The van der Waals surface area contributed by atoms with Gasteiger partial charge in [0.25, 0.3) is 11.7 Å². The second kappa shape index (κ2) is 7.25. The van der Waals surface area contributed by atoms with Crippen molar-refractivity contribution in [3.8, 4) is 0 Å². The molecule has 1 aliphatic rings. The number of ketones is 1. The summed E-state index contributed by atoms with van der Waals surface area (Å²) in [5.74, 6) is -1.17. The van der Waals surface area contributed by atoms with E-state index in [1.54, 1.807) is 6.20 Å². The highest BCUT2D eigenvalue weighted by Crippen LogP contribution is 2.22. The van der Waals surface area contributed by atoms with Crippen LogP contribution in [0.5, 0.6) is 0 Å². The number of benzene rings is 2. The van der Waals surface area contributed by atoms with E-state index in [4.69, 9.17) is 4.74 Å². The summed E-state index contributed by atoms with van der Waals surface area (Å²) in [6.07, 6.45) is 1.70. The summed E-state index contributed by atoms with van der Waals surface area (Å²) in [4.78, 5) is 27.3. The van der Waals surface area contributed by atoms with E-state index in [1.807, 2.05) is 60.1 Å². The molecule has 0 saturated carbocycles. The van der Waals surface area contributed by atoms with Crippen LogP contribution < -0.4 is 10.2 Å². The highest BCUT2D eigenvalue weighted by atomic mass is 16.5. The van der Waals surface area contributed by atoms with Gasteiger partial charge < -0.3 is 19.5 Å². The molecule has 2 aromatic carbocycles. The van der Waals surface area contributed by atoms with E-state index in [1.165, 1.54) is 0 Å². The lowest BCUT2D eigenvalue weighted by Gasteiger charge is -2.28. The summed E-state index contributed by atoms with van der Waals surface area (Å²) in [5.41, 5.74) is 3.02. The maximum absolute atomic E-state index is 12.6. The molecule has 6 heteroatoms. The van der Waals surface area contributed by atoms with E-state index < -0.39 is 11.7 Å². The Hall–Kier alpha value is -3.12. The van der Waals surface area contributed by atoms with Crippen LogP contribution in [-0.4, -0.2) is 42.6 Å². The van der Waals surface area contributed by atoms with E-state index >= 15 is 0 Å². The minimum Gasteiger partial charge on any atom is -0.378 e. The number of hydrogen-bond donors (Lipinski definition) is 1. The van der Waals surface area contributed by atoms with Crippen molar-refractivity contribution >= 4 is 34.0 Å². The van der Waals surface area contributed by atoms with Crippen LogP contribution in [-0.2, 0) is 16.6 Å². The number of Topliss-reactive ketones (excluding diaryl/α,β-unsaturated/α-hetero) is 1. The molecule has 2 heterocycles. The van der Waals surface area contributed by atoms with E-state index in [-0.39, 0.29) is 0 Å². The fourth-order valence-electron chi connectivity index (χ4n) is 3.41. The largest absolute Gasteiger partial charge is 0.378 e. The fourth-order valence-corrected chi connectivity index (χ4v) is 3.41. The molecule has 27 heavy (non-hydrogen) atoms. The summed E-state index contributed by atoms with van der Waals surface area (Å²) < 4.78 is 7.21. The lowest BCUT2D eigenvalue weighted by atomic mass is 10.1. The van der Waals surface area contributed by atoms with Gasteiger partial charge in [0.1, 0.15) is 0 Å². The topological polar surface area (TPSA) is 63.6 Å². The first kappa shape index (κ1) is 17.3. The van der Waals surface area contributed by atoms with Gasteiger partial charge in [0.15, 0.2) is 0 Å². The van der Waals surface area contributed by atoms with Crippen molar-refractivity contribution in [3.05, 3.63) is 60.3 Å². The number of hydrogen-bond acceptors (Lipinski definition) is 4. The second-order valence-electron chi connectivity index (χ2n) is 6.60. The standard InChI is InChI=1S/C21H21N3O3/c1-23-14-18(17-4-2-3-5-19(17)23)20(25)21(26)22-15-6-8-16(9-7-15)24-10-12-27-13-11-24/h2-9,14H,10-13H2,1H3,(H,22,26). The highest BCUT2D eigenvalue weighted by Gasteiger charge is 2.21. The molecule has 6 nitrogen and oxygen atoms in total. The number of ether oxygens (including phenoxy) is 1. The minimum absolute atomic E-state index is 0.413. The molecule has 1 fully saturated rings. The van der Waals surface area contributed by atoms with Crippen molar-refractivity contribution in [2.75, 3.05) is 36.5 Å². The van der Waals surface area contributed by atoms with Gasteiger partial charge >= 0.3 is 0 Å². The van der Waals surface area contributed by atoms with Crippen molar-refractivity contribution < 1.29 is 14.3 Å². The first-order valence-corrected chi connectivity index (χ1v) is 8.96. The molecule has 1 N–H and O–H groups in total. The third-order valence-electron chi connectivity index (χ3n) is 4.85. The zero-order valence-electron chi connectivity index (χ0n) is 15.1. The van der Waals surface area contributed by atoms with Crippen molar-refractivity contribution in [2.24, 2.45) is 7.05 Å². The van der Waals surface area contributed by atoms with Crippen LogP contribution in [0.3, 0.4) is 0 Å². The molecule has 4 rings (SSSR count). The maximum Gasteiger partial charge on any atom is 0.296 e. The summed E-state index contributed by atoms with van der Waals surface area (Å²) >= 11 is 0. The monoisotopic (exact) mass is 363 g/mol. The Morgan fingerprint density at radius 3 is 2.44 bits per heavy atom. The van der Waals surface area contributed by atoms with Gasteiger partial charge in [0.2, 0.25) is 0 Å². The number of nitrogens with one attached hydrogen (secondary N) is 1. The van der Waals surface area contributed by atoms with Crippen LogP contribution in [0.2, 0.25) is 0 Å². The van der Waals surface area contributed by atoms with Gasteiger partial charge in [-0.15, -0.1) is 0 Å². The lowest BCUT2D eigenvalue weighted by molar-refractivity contribution is -0.112. The Bertz CT molecular complexity index is 986. The summed E-state index contributed by atoms with van der Waals surface area (Å²) in [5, 5.41) is 3.48. The number of fused-ring (bicyclic) bond motifs is 1. The summed E-state index contributed by atoms with van der Waals surface area (Å²) in [7, 11) is 1.86. The lowest BCUT2D eigenvalue weighted by Crippen LogP contribution is -2.36. The average Bonchev–Trinajstić information content (AvgIpc) is 3.05. The summed E-state index contributed by atoms with van der Waals surface area (Å²) in [6.45, 7) is 3.15. The number of rotatable bonds is 4. The SMILES string of the molecule is Cn1cc(C(=O)C(=O)Nc2ccc(N3CCOCC3)cc2)c2ccccc21. The second-order valence-corrected chi connectivity index (χ2v) is 6.60. The quantitative estimate of drug-likeness (QED) is 0.572. The predicted octanol–water partition coefficient (Wildman–Crippen LogP) is 2.84. The zero-order valence-corrected chi connectivity index (χ0v) is 15.1. The van der Waals surface area contributed by atoms with Crippen LogP contribution in [0.25, 0.3) is 10.9 Å². The van der Waals surface area contributed by atoms with Gasteiger partial charge in [-0.25, -0.2) is 0 Å². The Morgan fingerprint density at radius 2 is 1.70 bits per heavy atom. The molecule has 1 amide bonds. The number of carbonyl (C=O) groups is 2. The first-order valence-electron chi connectivity index (χ1n) is 8.96. The van der Waals surface area contributed by atoms with Crippen molar-refractivity contribution in [1.29, 1.82) is 0 Å². The van der Waals surface area contributed by atoms with Gasteiger partial charge in [-0.05, 0) is 30.3 Å². The van der Waals surface area contributed by atoms with Crippen LogP contribution in [0.1, 0.15) is 10.4 Å². The average molecular weight is 363 g/mol. The number of morpholine rings is 1. The zero-order chi connectivity index (χ0) is 18.8. The summed E-state index contributed by atoms with van der Waals surface area (Å²) in [6, 6.07) is 15.1. The number of aryl methyl sites for hydroxylation is 1. The minimum atomic E-state index is -0.634. The molecular weight excluding hydrogens is 342 g/mol. The Labute approximate surface area is 157 Å². The van der Waals surface area contributed by atoms with Crippen LogP contribution in [0.15, 0.2) is 54.7 Å². The van der Waals surface area contributed by atoms with Crippen molar-refractivity contribution in [1.82, 2.24) is 4.57 Å². The molecule has 0 atom stereocenters. The third kappa shape index (κ3) is 3.44. The van der Waals surface area contributed by atoms with Gasteiger partial charge in [-0.2, -0.15) is 0 Å². The van der Waals surface area contributed by atoms with E-state index in [2.05, 4.69) is 10.2 Å². The maximum atomic E-state index is 12.6. The third-order valence-corrected chi connectivity index (χ3v) is 4.85. The van der Waals surface area contributed by atoms with Crippen LogP contribution in [0.4, 0.5) is 11.4 Å². The number of anilines is 2. The van der Waals surface area contributed by atoms with Gasteiger partial charge in [0.05, 0.1) is 18.8 Å². The fraction of sp³-hybridized carbons (Fsp3) is 0.238. The van der Waals surface area contributed by atoms with Gasteiger partial charge in [0, 0.05) is 48.6 Å². The number of aromatic nitrogens is 1. The molecule has 1 saturated heterocycles. The van der Waals surface area contributed by atoms with Crippen molar-refractivity contribution in [3.63, 3.8) is 0 Å². The van der Waals surface area contributed by atoms with Crippen LogP contribution in [0, 0.1) is 0 Å². The van der Waals surface area contributed by atoms with Crippen molar-refractivity contribution in [2.45, 2.75) is 0 Å². The Balaban J connectivity index is 1.49. The predicted molar refractivity (Wildman–Crippen MR) is 105 cm³/mol. The molecule has 0 bridgehead atoms. The molecule has 3 aromatic rings. The molecule has 138 valence electrons. The Kier molecular flexibility index (Phi) is 4.64. The molecule has 0 spiro atoms. The molecule has 1 aromatic heterocycles. The highest BCUT2D eigenvalue weighted by molar-refractivity contribution is 6.48. The molecule has 0 aliphatic carbocycles. The van der Waals surface area contributed by atoms with E-state index in [9.17, 15) is 9.59 Å². The normalized spacial score (nSPS) is 14.3. The number of nitrogens with zero attached hydrogens (tertiary/aromatic N) is 2. The number of carbonyl (C=O) groups excluding carboxylic acids is 2. The molecule has 0 radical (unpaired) electrons. The van der Waals surface area contributed by atoms with E-state index in [0.29, 0.717) is 11.3 Å². The molecule has 0 unspecified atom stereocenters. The first-order chi connectivity index (χ1) is 13.1. The number of para-hydroxylation sites is 1.